The Morgan fingerprint density at radius 2 is 1.97 bits per heavy atom. The molecule has 0 aliphatic heterocycles. The van der Waals surface area contributed by atoms with Gasteiger partial charge in [0.1, 0.15) is 6.33 Å². The molecular weight excluding hydrogens is 487 g/mol. The third-order valence-corrected chi connectivity index (χ3v) is 6.50. The van der Waals surface area contributed by atoms with E-state index >= 15 is 4.39 Å². The number of nitrogens with one attached hydrogen (secondary N) is 1. The number of sulfonamides is 1. The summed E-state index contributed by atoms with van der Waals surface area (Å²) in [5.41, 5.74) is 6.55. The van der Waals surface area contributed by atoms with E-state index in [0.717, 1.165) is 6.07 Å². The molecule has 3 N–H and O–H groups in total. The number of fused-ring (bicyclic) bond motifs is 3. The first kappa shape index (κ1) is 21.7. The van der Waals surface area contributed by atoms with Crippen LogP contribution in [0.25, 0.3) is 27.8 Å². The van der Waals surface area contributed by atoms with Gasteiger partial charge in [0.05, 0.1) is 17.8 Å². The zero-order valence-corrected chi connectivity index (χ0v) is 18.8. The maximum atomic E-state index is 15.7. The van der Waals surface area contributed by atoms with Crippen LogP contribution >= 0.6 is 11.6 Å². The average Bonchev–Trinajstić information content (AvgIpc) is 3.30. The van der Waals surface area contributed by atoms with E-state index in [4.69, 9.17) is 22.1 Å². The van der Waals surface area contributed by atoms with Crippen molar-refractivity contribution >= 4 is 49.9 Å². The Morgan fingerprint density at radius 1 is 1.15 bits per heavy atom. The summed E-state index contributed by atoms with van der Waals surface area (Å²) < 4.78 is 50.5. The van der Waals surface area contributed by atoms with Crippen molar-refractivity contribution < 1.29 is 17.5 Å². The van der Waals surface area contributed by atoms with Gasteiger partial charge in [-0.1, -0.05) is 23.7 Å². The molecule has 1 aromatic carbocycles. The van der Waals surface area contributed by atoms with Gasteiger partial charge in [0.25, 0.3) is 10.0 Å². The van der Waals surface area contributed by atoms with Crippen LogP contribution in [0.3, 0.4) is 0 Å². The largest absolute Gasteiger partial charge is 0.480 e. The fourth-order valence-corrected chi connectivity index (χ4v) is 4.88. The number of rotatable bonds is 5. The fraction of sp³-hybridized carbons (Fsp3) is 0.0500. The zero-order chi connectivity index (χ0) is 24.0. The molecule has 14 heteroatoms. The third-order valence-electron chi connectivity index (χ3n) is 4.93. The molecule has 172 valence electrons. The fourth-order valence-electron chi connectivity index (χ4n) is 3.45. The summed E-state index contributed by atoms with van der Waals surface area (Å²) in [4.78, 5) is 11.7. The minimum Gasteiger partial charge on any atom is -0.480 e. The van der Waals surface area contributed by atoms with Crippen molar-refractivity contribution in [2.75, 3.05) is 17.6 Å². The van der Waals surface area contributed by atoms with Crippen molar-refractivity contribution in [3.05, 3.63) is 59.9 Å². The summed E-state index contributed by atoms with van der Waals surface area (Å²) in [7, 11) is -3.04. The van der Waals surface area contributed by atoms with Crippen LogP contribution in [0.2, 0.25) is 5.02 Å². The molecule has 5 rings (SSSR count). The smallest absolute Gasteiger partial charge is 0.267 e. The lowest BCUT2D eigenvalue weighted by Crippen LogP contribution is -2.16. The highest BCUT2D eigenvalue weighted by molar-refractivity contribution is 7.92. The minimum absolute atomic E-state index is 0.0590. The second-order valence-electron chi connectivity index (χ2n) is 7.02. The van der Waals surface area contributed by atoms with Crippen LogP contribution in [0.15, 0.2) is 53.9 Å². The van der Waals surface area contributed by atoms with Gasteiger partial charge in [0, 0.05) is 28.9 Å². The highest BCUT2D eigenvalue weighted by Gasteiger charge is 2.24. The van der Waals surface area contributed by atoms with Gasteiger partial charge in [0.15, 0.2) is 22.0 Å². The lowest BCUT2D eigenvalue weighted by Gasteiger charge is -2.14. The quantitative estimate of drug-likeness (QED) is 0.371. The number of anilines is 2. The lowest BCUT2D eigenvalue weighted by molar-refractivity contribution is 0.385. The maximum Gasteiger partial charge on any atom is 0.267 e. The summed E-state index contributed by atoms with van der Waals surface area (Å²) in [6, 6.07) is 7.06. The van der Waals surface area contributed by atoms with Crippen LogP contribution in [0.5, 0.6) is 5.88 Å². The number of aromatic nitrogens is 6. The summed E-state index contributed by atoms with van der Waals surface area (Å²) in [5.74, 6) is -0.961. The number of pyridine rings is 2. The van der Waals surface area contributed by atoms with Crippen molar-refractivity contribution in [2.45, 2.75) is 4.90 Å². The summed E-state index contributed by atoms with van der Waals surface area (Å²) in [6.07, 6.45) is 4.14. The molecule has 0 saturated carbocycles. The van der Waals surface area contributed by atoms with Gasteiger partial charge in [-0.3, -0.25) is 9.12 Å². The number of halogens is 2. The first-order chi connectivity index (χ1) is 16.3. The molecule has 0 saturated heterocycles. The summed E-state index contributed by atoms with van der Waals surface area (Å²) in [6.45, 7) is 0. The Kier molecular flexibility index (Phi) is 5.14. The van der Waals surface area contributed by atoms with Gasteiger partial charge in [-0.2, -0.15) is 4.98 Å². The number of hydrogen-bond acceptors (Lipinski definition) is 9. The molecule has 0 unspecified atom stereocenters. The molecule has 4 aromatic heterocycles. The van der Waals surface area contributed by atoms with E-state index in [2.05, 4.69) is 29.9 Å². The van der Waals surface area contributed by atoms with E-state index in [-0.39, 0.29) is 33.0 Å². The van der Waals surface area contributed by atoms with E-state index in [9.17, 15) is 8.42 Å². The van der Waals surface area contributed by atoms with Crippen LogP contribution in [-0.4, -0.2) is 45.1 Å². The molecule has 11 nitrogen and oxygen atoms in total. The highest BCUT2D eigenvalue weighted by atomic mass is 35.5. The Labute approximate surface area is 196 Å². The predicted octanol–water partition coefficient (Wildman–Crippen LogP) is 2.92. The van der Waals surface area contributed by atoms with Crippen LogP contribution < -0.4 is 15.2 Å². The highest BCUT2D eigenvalue weighted by Crippen LogP contribution is 2.34. The van der Waals surface area contributed by atoms with Crippen molar-refractivity contribution in [3.8, 4) is 17.0 Å². The minimum atomic E-state index is -4.30. The van der Waals surface area contributed by atoms with Gasteiger partial charge >= 0.3 is 0 Å². The van der Waals surface area contributed by atoms with Crippen molar-refractivity contribution in [1.29, 1.82) is 0 Å². The number of nitrogens with zero attached hydrogens (tertiary/aromatic N) is 6. The van der Waals surface area contributed by atoms with Crippen LogP contribution in [0, 0.1) is 5.82 Å². The van der Waals surface area contributed by atoms with Crippen LogP contribution in [-0.2, 0) is 10.0 Å². The number of nitrogen functional groups attached to an aromatic ring is 1. The molecule has 0 aliphatic rings. The Morgan fingerprint density at radius 3 is 2.76 bits per heavy atom. The average molecular weight is 501 g/mol. The molecule has 0 atom stereocenters. The molecular formula is C20H14ClFN8O3S. The van der Waals surface area contributed by atoms with Crippen LogP contribution in [0.4, 0.5) is 16.0 Å². The number of methoxy groups -OCH3 is 1. The van der Waals surface area contributed by atoms with Gasteiger partial charge in [-0.25, -0.2) is 22.8 Å². The molecule has 0 amide bonds. The standard InChI is InChI=1S/C20H14ClFN8O3S/c1-33-19-15(6-11(21)8-24-19)34(31,32)29-14-4-2-3-12(16(14)22)13-5-10-7-25-20(23)27-17(10)30-9-26-28-18(13)30/h2-9,29H,1H3,(H2,23,25,27). The molecule has 5 aromatic rings. The molecule has 0 aliphatic carbocycles. The summed E-state index contributed by atoms with van der Waals surface area (Å²) in [5, 5.41) is 8.58. The Bertz CT molecular complexity index is 1690. The van der Waals surface area contributed by atoms with E-state index in [1.165, 1.54) is 44.0 Å². The summed E-state index contributed by atoms with van der Waals surface area (Å²) >= 11 is 5.90. The van der Waals surface area contributed by atoms with E-state index in [1.807, 2.05) is 0 Å². The maximum absolute atomic E-state index is 15.7. The molecule has 4 heterocycles. The van der Waals surface area contributed by atoms with Crippen molar-refractivity contribution in [2.24, 2.45) is 0 Å². The van der Waals surface area contributed by atoms with Gasteiger partial charge in [0.2, 0.25) is 11.8 Å². The van der Waals surface area contributed by atoms with E-state index < -0.39 is 15.8 Å². The van der Waals surface area contributed by atoms with E-state index in [1.54, 1.807) is 10.5 Å². The monoisotopic (exact) mass is 500 g/mol. The molecule has 0 fully saturated rings. The number of nitrogens with two attached hydrogens (primary N) is 1. The Hall–Kier alpha value is -4.10. The van der Waals surface area contributed by atoms with Crippen LogP contribution in [0.1, 0.15) is 0 Å². The van der Waals surface area contributed by atoms with Gasteiger partial charge in [-0.15, -0.1) is 10.2 Å². The van der Waals surface area contributed by atoms with Gasteiger partial charge in [-0.05, 0) is 18.2 Å². The number of benzene rings is 1. The molecule has 0 bridgehead atoms. The SMILES string of the molecule is COc1ncc(Cl)cc1S(=O)(=O)Nc1cccc(-c2cc3cnc(N)nc3n3cnnc23)c1F. The second-order valence-corrected chi connectivity index (χ2v) is 9.11. The van der Waals surface area contributed by atoms with E-state index in [0.29, 0.717) is 22.2 Å². The zero-order valence-electron chi connectivity index (χ0n) is 17.3. The topological polar surface area (TPSA) is 150 Å². The van der Waals surface area contributed by atoms with Crippen molar-refractivity contribution in [1.82, 2.24) is 29.5 Å². The molecule has 0 spiro atoms. The number of ether oxygens (including phenoxy) is 1. The van der Waals surface area contributed by atoms with Gasteiger partial charge < -0.3 is 10.5 Å². The molecule has 0 radical (unpaired) electrons. The normalized spacial score (nSPS) is 11.7. The first-order valence-corrected chi connectivity index (χ1v) is 11.4. The Balaban J connectivity index is 1.64. The number of hydrogen-bond donors (Lipinski definition) is 2. The first-order valence-electron chi connectivity index (χ1n) is 9.54. The second kappa shape index (κ2) is 8.04. The lowest BCUT2D eigenvalue weighted by atomic mass is 10.0. The third kappa shape index (κ3) is 3.60. The van der Waals surface area contributed by atoms with Crippen molar-refractivity contribution in [3.63, 3.8) is 0 Å². The predicted molar refractivity (Wildman–Crippen MR) is 122 cm³/mol. The molecule has 34 heavy (non-hydrogen) atoms.